The van der Waals surface area contributed by atoms with Crippen molar-refractivity contribution >= 4 is 34.0 Å². The molecule has 1 aliphatic heterocycles. The highest BCUT2D eigenvalue weighted by Gasteiger charge is 2.35. The Bertz CT molecular complexity index is 1600. The molecule has 1 saturated carbocycles. The standard InChI is InChI=1S/C34H36ClN5S/c35-34-36-20-30-31(33-37-28(23-41-33)18-25-10-5-2-6-11-25)22-40(32(30)38-34)29-14-13-26(19-29)27-12-7-16-39(21-27)17-15-24-8-3-1-4-9-24/h1-6,8-11,20,22-23,26-27,29H,7,12-19,21H2. The topological polar surface area (TPSA) is 46.8 Å². The molecule has 1 aliphatic carbocycles. The number of hydrogen-bond donors (Lipinski definition) is 0. The van der Waals surface area contributed by atoms with Gasteiger partial charge in [-0.25, -0.2) is 9.97 Å². The van der Waals surface area contributed by atoms with E-state index in [0.29, 0.717) is 11.3 Å². The van der Waals surface area contributed by atoms with Crippen molar-refractivity contribution in [2.24, 2.45) is 11.8 Å². The highest BCUT2D eigenvalue weighted by atomic mass is 35.5. The summed E-state index contributed by atoms with van der Waals surface area (Å²) in [7, 11) is 0. The summed E-state index contributed by atoms with van der Waals surface area (Å²) in [6.07, 6.45) is 12.5. The van der Waals surface area contributed by atoms with Gasteiger partial charge in [0.05, 0.1) is 5.69 Å². The predicted octanol–water partition coefficient (Wildman–Crippen LogP) is 8.09. The van der Waals surface area contributed by atoms with Crippen LogP contribution in [0.15, 0.2) is 78.4 Å². The van der Waals surface area contributed by atoms with E-state index in [4.69, 9.17) is 21.6 Å². The molecule has 210 valence electrons. The molecule has 7 rings (SSSR count). The number of likely N-dealkylation sites (tertiary alicyclic amines) is 1. The van der Waals surface area contributed by atoms with Crippen LogP contribution >= 0.6 is 22.9 Å². The summed E-state index contributed by atoms with van der Waals surface area (Å²) in [5, 5.41) is 4.56. The Morgan fingerprint density at radius 1 is 0.902 bits per heavy atom. The van der Waals surface area contributed by atoms with Gasteiger partial charge in [0, 0.05) is 54.3 Å². The summed E-state index contributed by atoms with van der Waals surface area (Å²) in [5.41, 5.74) is 5.88. The summed E-state index contributed by atoms with van der Waals surface area (Å²) in [4.78, 5) is 16.8. The van der Waals surface area contributed by atoms with Gasteiger partial charge >= 0.3 is 0 Å². The summed E-state index contributed by atoms with van der Waals surface area (Å²) in [5.74, 6) is 1.54. The van der Waals surface area contributed by atoms with Gasteiger partial charge in [-0.3, -0.25) is 0 Å². The lowest BCUT2D eigenvalue weighted by Crippen LogP contribution is -2.39. The van der Waals surface area contributed by atoms with Gasteiger partial charge in [-0.2, -0.15) is 4.98 Å². The third-order valence-corrected chi connectivity index (χ3v) is 10.3. The molecule has 2 fully saturated rings. The van der Waals surface area contributed by atoms with Crippen LogP contribution in [-0.4, -0.2) is 44.1 Å². The summed E-state index contributed by atoms with van der Waals surface area (Å²) >= 11 is 8.04. The van der Waals surface area contributed by atoms with Crippen molar-refractivity contribution in [3.8, 4) is 10.6 Å². The molecular weight excluding hydrogens is 546 g/mol. The minimum atomic E-state index is 0.309. The Hall–Kier alpha value is -3.06. The maximum Gasteiger partial charge on any atom is 0.224 e. The summed E-state index contributed by atoms with van der Waals surface area (Å²) in [6, 6.07) is 21.9. The third-order valence-electron chi connectivity index (χ3n) is 9.16. The molecule has 2 aromatic carbocycles. The quantitative estimate of drug-likeness (QED) is 0.174. The molecule has 0 N–H and O–H groups in total. The highest BCUT2D eigenvalue weighted by Crippen LogP contribution is 2.44. The van der Waals surface area contributed by atoms with Crippen molar-refractivity contribution in [2.45, 2.75) is 51.0 Å². The minimum Gasteiger partial charge on any atom is -0.329 e. The van der Waals surface area contributed by atoms with Crippen LogP contribution in [0.3, 0.4) is 0 Å². The Labute approximate surface area is 251 Å². The molecule has 4 heterocycles. The van der Waals surface area contributed by atoms with Crippen molar-refractivity contribution in [3.05, 3.63) is 101 Å². The molecule has 0 spiro atoms. The summed E-state index contributed by atoms with van der Waals surface area (Å²) in [6.45, 7) is 3.64. The first-order chi connectivity index (χ1) is 20.2. The second kappa shape index (κ2) is 12.0. The maximum absolute atomic E-state index is 6.33. The zero-order valence-electron chi connectivity index (χ0n) is 23.3. The van der Waals surface area contributed by atoms with Crippen LogP contribution in [0.4, 0.5) is 0 Å². The number of halogens is 1. The molecular formula is C34H36ClN5S. The fourth-order valence-electron chi connectivity index (χ4n) is 7.06. The number of benzene rings is 2. The monoisotopic (exact) mass is 581 g/mol. The molecule has 41 heavy (non-hydrogen) atoms. The number of nitrogens with zero attached hydrogens (tertiary/aromatic N) is 5. The van der Waals surface area contributed by atoms with E-state index in [9.17, 15) is 0 Å². The van der Waals surface area contributed by atoms with Gasteiger partial charge in [0.1, 0.15) is 10.7 Å². The van der Waals surface area contributed by atoms with Gasteiger partial charge in [0.2, 0.25) is 5.28 Å². The predicted molar refractivity (Wildman–Crippen MR) is 169 cm³/mol. The first-order valence-corrected chi connectivity index (χ1v) is 16.2. The molecule has 3 unspecified atom stereocenters. The van der Waals surface area contributed by atoms with E-state index in [1.54, 1.807) is 11.3 Å². The molecule has 0 amide bonds. The van der Waals surface area contributed by atoms with Gasteiger partial charge in [0.15, 0.2) is 0 Å². The number of aromatic nitrogens is 4. The Balaban J connectivity index is 1.07. The van der Waals surface area contributed by atoms with E-state index in [2.05, 4.69) is 86.7 Å². The van der Waals surface area contributed by atoms with Gasteiger partial charge in [0.25, 0.3) is 0 Å². The SMILES string of the molecule is Clc1ncc2c(-c3nc(Cc4ccccc4)cs3)cn(C3CCC(C4CCCN(CCc5ccccc5)C4)C3)c2n1. The van der Waals surface area contributed by atoms with E-state index in [0.717, 1.165) is 58.5 Å². The molecule has 3 aromatic heterocycles. The van der Waals surface area contributed by atoms with E-state index in [1.807, 2.05) is 6.20 Å². The number of thiazole rings is 1. The van der Waals surface area contributed by atoms with Gasteiger partial charge in [-0.1, -0.05) is 60.7 Å². The maximum atomic E-state index is 6.33. The molecule has 0 radical (unpaired) electrons. The average Bonchev–Trinajstić information content (AvgIpc) is 3.76. The fraction of sp³-hybridized carbons (Fsp3) is 0.382. The fourth-order valence-corrected chi connectivity index (χ4v) is 8.03. The zero-order chi connectivity index (χ0) is 27.6. The Morgan fingerprint density at radius 2 is 1.71 bits per heavy atom. The van der Waals surface area contributed by atoms with Crippen LogP contribution in [0.25, 0.3) is 21.6 Å². The second-order valence-electron chi connectivity index (χ2n) is 11.8. The number of piperidine rings is 1. The van der Waals surface area contributed by atoms with Crippen molar-refractivity contribution in [1.82, 2.24) is 24.4 Å². The highest BCUT2D eigenvalue weighted by molar-refractivity contribution is 7.13. The second-order valence-corrected chi connectivity index (χ2v) is 13.0. The molecule has 0 bridgehead atoms. The van der Waals surface area contributed by atoms with Gasteiger partial charge in [-0.05, 0) is 79.6 Å². The smallest absolute Gasteiger partial charge is 0.224 e. The van der Waals surface area contributed by atoms with Gasteiger partial charge < -0.3 is 9.47 Å². The van der Waals surface area contributed by atoms with E-state index >= 15 is 0 Å². The lowest BCUT2D eigenvalue weighted by molar-refractivity contribution is 0.135. The van der Waals surface area contributed by atoms with Crippen molar-refractivity contribution < 1.29 is 0 Å². The number of rotatable bonds is 8. The molecule has 7 heteroatoms. The lowest BCUT2D eigenvalue weighted by atomic mass is 9.84. The first kappa shape index (κ1) is 26.8. The van der Waals surface area contributed by atoms with E-state index in [-0.39, 0.29) is 0 Å². The van der Waals surface area contributed by atoms with Crippen molar-refractivity contribution in [1.29, 1.82) is 0 Å². The Morgan fingerprint density at radius 3 is 2.54 bits per heavy atom. The number of fused-ring (bicyclic) bond motifs is 1. The van der Waals surface area contributed by atoms with Crippen LogP contribution in [0.5, 0.6) is 0 Å². The summed E-state index contributed by atoms with van der Waals surface area (Å²) < 4.78 is 2.40. The van der Waals surface area contributed by atoms with Crippen LogP contribution < -0.4 is 0 Å². The van der Waals surface area contributed by atoms with Crippen LogP contribution in [0, 0.1) is 11.8 Å². The lowest BCUT2D eigenvalue weighted by Gasteiger charge is -2.36. The zero-order valence-corrected chi connectivity index (χ0v) is 24.9. The van der Waals surface area contributed by atoms with Crippen LogP contribution in [0.2, 0.25) is 5.28 Å². The average molecular weight is 582 g/mol. The van der Waals surface area contributed by atoms with E-state index in [1.165, 1.54) is 56.3 Å². The molecule has 5 nitrogen and oxygen atoms in total. The number of hydrogen-bond acceptors (Lipinski definition) is 5. The molecule has 5 aromatic rings. The van der Waals surface area contributed by atoms with Crippen LogP contribution in [0.1, 0.15) is 55.0 Å². The minimum absolute atomic E-state index is 0.309. The van der Waals surface area contributed by atoms with Crippen LogP contribution in [-0.2, 0) is 12.8 Å². The Kier molecular flexibility index (Phi) is 7.88. The molecule has 1 saturated heterocycles. The van der Waals surface area contributed by atoms with Crippen molar-refractivity contribution in [2.75, 3.05) is 19.6 Å². The van der Waals surface area contributed by atoms with Crippen molar-refractivity contribution in [3.63, 3.8) is 0 Å². The third kappa shape index (κ3) is 5.97. The normalized spacial score (nSPS) is 21.5. The molecule has 3 atom stereocenters. The largest absolute Gasteiger partial charge is 0.329 e. The van der Waals surface area contributed by atoms with Gasteiger partial charge in [-0.15, -0.1) is 11.3 Å². The van der Waals surface area contributed by atoms with E-state index < -0.39 is 0 Å². The molecule has 2 aliphatic rings. The first-order valence-electron chi connectivity index (χ1n) is 15.0.